The van der Waals surface area contributed by atoms with Crippen LogP contribution < -0.4 is 10.6 Å². The van der Waals surface area contributed by atoms with E-state index >= 15 is 0 Å². The minimum absolute atomic E-state index is 0.0992. The van der Waals surface area contributed by atoms with Gasteiger partial charge in [0.05, 0.1) is 0 Å². The average Bonchev–Trinajstić information content (AvgIpc) is 2.20. The fourth-order valence-corrected chi connectivity index (χ4v) is 1.64. The maximum atomic E-state index is 11.1. The summed E-state index contributed by atoms with van der Waals surface area (Å²) in [5, 5.41) is 14.3. The number of thioether (sulfide) groups is 1. The topological polar surface area (TPSA) is 61.4 Å². The molecule has 1 amide bonds. The lowest BCUT2D eigenvalue weighted by Crippen LogP contribution is -2.28. The van der Waals surface area contributed by atoms with E-state index < -0.39 is 0 Å². The predicted molar refractivity (Wildman–Crippen MR) is 60.6 cm³/mol. The Kier molecular flexibility index (Phi) is 10.6. The van der Waals surface area contributed by atoms with Gasteiger partial charge in [-0.05, 0) is 19.2 Å². The molecule has 0 atom stereocenters. The van der Waals surface area contributed by atoms with E-state index in [-0.39, 0.29) is 12.5 Å². The summed E-state index contributed by atoms with van der Waals surface area (Å²) in [6, 6.07) is 0. The fraction of sp³-hybridized carbons (Fsp3) is 0.889. The minimum Gasteiger partial charge on any atom is -0.396 e. The smallest absolute Gasteiger partial charge is 0.221 e. The van der Waals surface area contributed by atoms with E-state index in [4.69, 9.17) is 5.11 Å². The zero-order chi connectivity index (χ0) is 10.6. The number of hydrogen-bond acceptors (Lipinski definition) is 4. The normalized spacial score (nSPS) is 10.1. The number of carbonyl (C=O) groups is 1. The first-order valence-electron chi connectivity index (χ1n) is 4.91. The summed E-state index contributed by atoms with van der Waals surface area (Å²) < 4.78 is 0. The molecule has 0 unspecified atom stereocenters. The Morgan fingerprint density at radius 3 is 2.79 bits per heavy atom. The molecular formula is C9H20N2O2S. The number of hydrogen-bond donors (Lipinski definition) is 3. The maximum Gasteiger partial charge on any atom is 0.221 e. The van der Waals surface area contributed by atoms with Gasteiger partial charge in [-0.1, -0.05) is 0 Å². The van der Waals surface area contributed by atoms with Crippen molar-refractivity contribution in [2.24, 2.45) is 0 Å². The van der Waals surface area contributed by atoms with Crippen LogP contribution >= 0.6 is 11.8 Å². The van der Waals surface area contributed by atoms with Crippen molar-refractivity contribution in [3.05, 3.63) is 0 Å². The number of aliphatic hydroxyl groups is 1. The molecule has 0 fully saturated rings. The molecule has 0 aromatic carbocycles. The molecule has 0 aliphatic rings. The van der Waals surface area contributed by atoms with Crippen LogP contribution in [-0.4, -0.2) is 49.3 Å². The van der Waals surface area contributed by atoms with E-state index in [1.807, 2.05) is 7.05 Å². The zero-order valence-electron chi connectivity index (χ0n) is 8.71. The van der Waals surface area contributed by atoms with Crippen molar-refractivity contribution in [3.8, 4) is 0 Å². The maximum absolute atomic E-state index is 11.1. The number of carbonyl (C=O) groups excluding carboxylic acids is 1. The largest absolute Gasteiger partial charge is 0.396 e. The van der Waals surface area contributed by atoms with Gasteiger partial charge in [-0.15, -0.1) is 0 Å². The Bertz CT molecular complexity index is 145. The molecule has 0 bridgehead atoms. The van der Waals surface area contributed by atoms with Gasteiger partial charge in [0.1, 0.15) is 0 Å². The van der Waals surface area contributed by atoms with Gasteiger partial charge in [0, 0.05) is 31.9 Å². The SMILES string of the molecule is CNCCC(=O)NCCSCCCO. The van der Waals surface area contributed by atoms with Gasteiger partial charge in [-0.2, -0.15) is 11.8 Å². The second kappa shape index (κ2) is 10.8. The molecule has 84 valence electrons. The summed E-state index contributed by atoms with van der Waals surface area (Å²) in [4.78, 5) is 11.1. The first-order valence-corrected chi connectivity index (χ1v) is 6.06. The lowest BCUT2D eigenvalue weighted by molar-refractivity contribution is -0.120. The molecule has 0 aliphatic heterocycles. The van der Waals surface area contributed by atoms with Crippen LogP contribution in [0.3, 0.4) is 0 Å². The lowest BCUT2D eigenvalue weighted by atomic mass is 10.4. The molecule has 0 radical (unpaired) electrons. The van der Waals surface area contributed by atoms with Crippen LogP contribution in [0.4, 0.5) is 0 Å². The highest BCUT2D eigenvalue weighted by atomic mass is 32.2. The van der Waals surface area contributed by atoms with Crippen molar-refractivity contribution < 1.29 is 9.90 Å². The highest BCUT2D eigenvalue weighted by Gasteiger charge is 1.98. The molecule has 3 N–H and O–H groups in total. The van der Waals surface area contributed by atoms with E-state index in [9.17, 15) is 4.79 Å². The molecule has 0 aromatic heterocycles. The monoisotopic (exact) mass is 220 g/mol. The van der Waals surface area contributed by atoms with Crippen LogP contribution in [0.5, 0.6) is 0 Å². The number of aliphatic hydroxyl groups excluding tert-OH is 1. The van der Waals surface area contributed by atoms with Crippen LogP contribution in [0, 0.1) is 0 Å². The molecule has 14 heavy (non-hydrogen) atoms. The standard InChI is InChI=1S/C9H20N2O2S/c1-10-4-3-9(13)11-5-8-14-7-2-6-12/h10,12H,2-8H2,1H3,(H,11,13). The van der Waals surface area contributed by atoms with Crippen molar-refractivity contribution in [2.45, 2.75) is 12.8 Å². The van der Waals surface area contributed by atoms with Gasteiger partial charge in [0.15, 0.2) is 0 Å². The third kappa shape index (κ3) is 9.83. The Labute approximate surface area is 89.8 Å². The third-order valence-corrected chi connectivity index (χ3v) is 2.69. The first-order chi connectivity index (χ1) is 6.81. The molecule has 0 rings (SSSR count). The summed E-state index contributed by atoms with van der Waals surface area (Å²) in [6.07, 6.45) is 1.37. The van der Waals surface area contributed by atoms with E-state index in [1.165, 1.54) is 0 Å². The van der Waals surface area contributed by atoms with Crippen LogP contribution in [0.2, 0.25) is 0 Å². The van der Waals surface area contributed by atoms with Gasteiger partial charge >= 0.3 is 0 Å². The third-order valence-electron chi connectivity index (χ3n) is 1.62. The van der Waals surface area contributed by atoms with E-state index in [0.717, 1.165) is 31.0 Å². The molecule has 0 spiro atoms. The number of amides is 1. The van der Waals surface area contributed by atoms with Crippen molar-refractivity contribution in [2.75, 3.05) is 38.2 Å². The molecule has 4 nitrogen and oxygen atoms in total. The molecule has 0 heterocycles. The van der Waals surface area contributed by atoms with E-state index in [1.54, 1.807) is 11.8 Å². The summed E-state index contributed by atoms with van der Waals surface area (Å²) >= 11 is 1.75. The highest BCUT2D eigenvalue weighted by molar-refractivity contribution is 7.99. The summed E-state index contributed by atoms with van der Waals surface area (Å²) in [6.45, 7) is 1.70. The van der Waals surface area contributed by atoms with Gasteiger partial charge in [0.25, 0.3) is 0 Å². The lowest BCUT2D eigenvalue weighted by Gasteiger charge is -2.04. The predicted octanol–water partition coefficient (Wildman–Crippen LogP) is -0.172. The molecule has 5 heteroatoms. The number of rotatable bonds is 9. The minimum atomic E-state index is 0.0992. The van der Waals surface area contributed by atoms with Gasteiger partial charge < -0.3 is 15.7 Å². The molecule has 0 saturated heterocycles. The Hall–Kier alpha value is -0.260. The van der Waals surface area contributed by atoms with E-state index in [0.29, 0.717) is 6.42 Å². The number of nitrogens with one attached hydrogen (secondary N) is 2. The quantitative estimate of drug-likeness (QED) is 0.472. The summed E-state index contributed by atoms with van der Waals surface area (Å²) in [5.41, 5.74) is 0. The molecule has 0 aromatic rings. The van der Waals surface area contributed by atoms with E-state index in [2.05, 4.69) is 10.6 Å². The van der Waals surface area contributed by atoms with Gasteiger partial charge in [-0.25, -0.2) is 0 Å². The van der Waals surface area contributed by atoms with Crippen molar-refractivity contribution >= 4 is 17.7 Å². The molecule has 0 aliphatic carbocycles. The zero-order valence-corrected chi connectivity index (χ0v) is 9.53. The molecule has 0 saturated carbocycles. The molecular weight excluding hydrogens is 200 g/mol. The summed E-state index contributed by atoms with van der Waals surface area (Å²) in [5.74, 6) is 1.98. The van der Waals surface area contributed by atoms with Crippen molar-refractivity contribution in [3.63, 3.8) is 0 Å². The Morgan fingerprint density at radius 2 is 2.14 bits per heavy atom. The van der Waals surface area contributed by atoms with Crippen molar-refractivity contribution in [1.82, 2.24) is 10.6 Å². The highest BCUT2D eigenvalue weighted by Crippen LogP contribution is 1.99. The van der Waals surface area contributed by atoms with Crippen molar-refractivity contribution in [1.29, 1.82) is 0 Å². The van der Waals surface area contributed by atoms with Crippen LogP contribution in [0.1, 0.15) is 12.8 Å². The first kappa shape index (κ1) is 13.7. The second-order valence-corrected chi connectivity index (χ2v) is 4.12. The average molecular weight is 220 g/mol. The second-order valence-electron chi connectivity index (χ2n) is 2.89. The summed E-state index contributed by atoms with van der Waals surface area (Å²) in [7, 11) is 1.83. The fourth-order valence-electron chi connectivity index (χ4n) is 0.858. The van der Waals surface area contributed by atoms with Crippen LogP contribution in [0.25, 0.3) is 0 Å². The Morgan fingerprint density at radius 1 is 1.36 bits per heavy atom. The van der Waals surface area contributed by atoms with Crippen LogP contribution in [-0.2, 0) is 4.79 Å². The van der Waals surface area contributed by atoms with Gasteiger partial charge in [-0.3, -0.25) is 4.79 Å². The van der Waals surface area contributed by atoms with Crippen LogP contribution in [0.15, 0.2) is 0 Å². The Balaban J connectivity index is 3.07. The van der Waals surface area contributed by atoms with Gasteiger partial charge in [0.2, 0.25) is 5.91 Å².